The summed E-state index contributed by atoms with van der Waals surface area (Å²) in [6.07, 6.45) is 11.4. The van der Waals surface area contributed by atoms with Crippen LogP contribution in [0.5, 0.6) is 0 Å². The van der Waals surface area contributed by atoms with E-state index in [1.807, 2.05) is 36.4 Å². The van der Waals surface area contributed by atoms with E-state index in [2.05, 4.69) is 40.7 Å². The van der Waals surface area contributed by atoms with Crippen LogP contribution in [0.1, 0.15) is 98.0 Å². The zero-order valence-corrected chi connectivity index (χ0v) is 24.9. The van der Waals surface area contributed by atoms with Gasteiger partial charge in [-0.25, -0.2) is 0 Å². The average Bonchev–Trinajstić information content (AvgIpc) is 2.89. The van der Waals surface area contributed by atoms with Crippen molar-refractivity contribution in [3.8, 4) is 0 Å². The van der Waals surface area contributed by atoms with E-state index in [4.69, 9.17) is 18.9 Å². The molecule has 1 aromatic rings. The molecule has 1 aliphatic carbocycles. The summed E-state index contributed by atoms with van der Waals surface area (Å²) in [4.78, 5) is 24.3. The number of hydrogen-bond donors (Lipinski definition) is 0. The van der Waals surface area contributed by atoms with Crippen molar-refractivity contribution in [2.24, 2.45) is 10.8 Å². The van der Waals surface area contributed by atoms with Crippen LogP contribution >= 0.6 is 0 Å². The second-order valence-electron chi connectivity index (χ2n) is 12.0. The molecule has 0 heterocycles. The third-order valence-corrected chi connectivity index (χ3v) is 6.79. The molecule has 6 heteroatoms. The maximum Gasteiger partial charge on any atom is 0.306 e. The normalized spacial score (nSPS) is 14.8. The van der Waals surface area contributed by atoms with Crippen LogP contribution < -0.4 is 0 Å². The average molecular weight is 543 g/mol. The van der Waals surface area contributed by atoms with Gasteiger partial charge in [-0.15, -0.1) is 0 Å². The molecule has 0 atom stereocenters. The smallest absolute Gasteiger partial charge is 0.306 e. The lowest BCUT2D eigenvalue weighted by Crippen LogP contribution is -2.20. The third-order valence-electron chi connectivity index (χ3n) is 6.79. The Morgan fingerprint density at radius 1 is 0.897 bits per heavy atom. The fraction of sp³-hybridized carbons (Fsp3) is 0.636. The molecule has 6 nitrogen and oxygen atoms in total. The minimum atomic E-state index is -0.165. The highest BCUT2D eigenvalue weighted by Crippen LogP contribution is 2.34. The summed E-state index contributed by atoms with van der Waals surface area (Å²) in [5.74, 6) is 0.516. The van der Waals surface area contributed by atoms with Gasteiger partial charge in [-0.3, -0.25) is 9.59 Å². The van der Waals surface area contributed by atoms with E-state index in [1.54, 1.807) is 0 Å². The maximum atomic E-state index is 12.3. The molecule has 39 heavy (non-hydrogen) atoms. The molecule has 0 bridgehead atoms. The lowest BCUT2D eigenvalue weighted by Gasteiger charge is -2.28. The van der Waals surface area contributed by atoms with Crippen molar-refractivity contribution in [3.63, 3.8) is 0 Å². The summed E-state index contributed by atoms with van der Waals surface area (Å²) in [5, 5.41) is 0. The molecule has 0 aliphatic heterocycles. The van der Waals surface area contributed by atoms with E-state index in [0.29, 0.717) is 45.9 Å². The summed E-state index contributed by atoms with van der Waals surface area (Å²) < 4.78 is 22.8. The summed E-state index contributed by atoms with van der Waals surface area (Å²) in [7, 11) is 0. The molecular formula is C33H50O6. The lowest BCUT2D eigenvalue weighted by molar-refractivity contribution is -0.147. The number of hydrogen-bond acceptors (Lipinski definition) is 6. The molecule has 218 valence electrons. The van der Waals surface area contributed by atoms with E-state index in [1.165, 1.54) is 0 Å². The monoisotopic (exact) mass is 542 g/mol. The van der Waals surface area contributed by atoms with Gasteiger partial charge in [-0.1, -0.05) is 83.9 Å². The van der Waals surface area contributed by atoms with E-state index in [9.17, 15) is 9.59 Å². The molecule has 0 radical (unpaired) electrons. The Kier molecular flexibility index (Phi) is 14.4. The Hall–Kier alpha value is -2.60. The van der Waals surface area contributed by atoms with Gasteiger partial charge in [0.1, 0.15) is 19.0 Å². The van der Waals surface area contributed by atoms with Crippen molar-refractivity contribution in [2.75, 3.05) is 26.4 Å². The number of rotatable bonds is 19. The van der Waals surface area contributed by atoms with Crippen LogP contribution in [0, 0.1) is 10.8 Å². The highest BCUT2D eigenvalue weighted by molar-refractivity contribution is 5.70. The van der Waals surface area contributed by atoms with Crippen LogP contribution in [0.15, 0.2) is 53.8 Å². The minimum absolute atomic E-state index is 0.0202. The minimum Gasteiger partial charge on any atom is -0.493 e. The number of ether oxygens (including phenoxy) is 4. The van der Waals surface area contributed by atoms with Gasteiger partial charge in [0.15, 0.2) is 0 Å². The van der Waals surface area contributed by atoms with Crippen LogP contribution in [0.4, 0.5) is 0 Å². The summed E-state index contributed by atoms with van der Waals surface area (Å²) in [6.45, 7) is 13.1. The first-order chi connectivity index (χ1) is 18.6. The molecular weight excluding hydrogens is 492 g/mol. The Morgan fingerprint density at radius 2 is 1.62 bits per heavy atom. The van der Waals surface area contributed by atoms with Crippen molar-refractivity contribution in [3.05, 3.63) is 59.4 Å². The number of benzene rings is 1. The lowest BCUT2D eigenvalue weighted by atomic mass is 9.81. The highest BCUT2D eigenvalue weighted by Gasteiger charge is 2.25. The molecule has 0 spiro atoms. The van der Waals surface area contributed by atoms with Gasteiger partial charge in [0.05, 0.1) is 13.0 Å². The first-order valence-electron chi connectivity index (χ1n) is 14.6. The number of carbonyl (C=O) groups is 2. The first kappa shape index (κ1) is 32.6. The van der Waals surface area contributed by atoms with E-state index in [0.717, 1.165) is 61.8 Å². The van der Waals surface area contributed by atoms with E-state index in [-0.39, 0.29) is 22.8 Å². The topological polar surface area (TPSA) is 71.1 Å². The fourth-order valence-electron chi connectivity index (χ4n) is 4.51. The van der Waals surface area contributed by atoms with Crippen molar-refractivity contribution in [2.45, 2.75) is 99.0 Å². The molecule has 1 aromatic carbocycles. The van der Waals surface area contributed by atoms with Gasteiger partial charge in [0.25, 0.3) is 0 Å². The second kappa shape index (κ2) is 17.2. The molecule has 0 fully saturated rings. The van der Waals surface area contributed by atoms with Crippen LogP contribution in [-0.4, -0.2) is 38.4 Å². The molecule has 2 rings (SSSR count). The van der Waals surface area contributed by atoms with Gasteiger partial charge in [0, 0.05) is 31.6 Å². The fourth-order valence-corrected chi connectivity index (χ4v) is 4.51. The van der Waals surface area contributed by atoms with Crippen LogP contribution in [0.2, 0.25) is 0 Å². The third kappa shape index (κ3) is 14.4. The van der Waals surface area contributed by atoms with E-state index >= 15 is 0 Å². The van der Waals surface area contributed by atoms with Gasteiger partial charge in [0.2, 0.25) is 0 Å². The molecule has 1 aliphatic rings. The van der Waals surface area contributed by atoms with Gasteiger partial charge in [-0.05, 0) is 48.2 Å². The van der Waals surface area contributed by atoms with E-state index < -0.39 is 0 Å². The van der Waals surface area contributed by atoms with Gasteiger partial charge >= 0.3 is 11.9 Å². The zero-order valence-electron chi connectivity index (χ0n) is 24.9. The Morgan fingerprint density at radius 3 is 2.36 bits per heavy atom. The summed E-state index contributed by atoms with van der Waals surface area (Å²) in [5.41, 5.74) is 1.92. The molecule has 0 amide bonds. The second-order valence-corrected chi connectivity index (χ2v) is 12.0. The summed E-state index contributed by atoms with van der Waals surface area (Å²) in [6, 6.07) is 9.74. The summed E-state index contributed by atoms with van der Waals surface area (Å²) >= 11 is 0. The predicted molar refractivity (Wildman–Crippen MR) is 155 cm³/mol. The quantitative estimate of drug-likeness (QED) is 0.132. The predicted octanol–water partition coefficient (Wildman–Crippen LogP) is 7.71. The Labute approximate surface area is 236 Å². The first-order valence-corrected chi connectivity index (χ1v) is 14.6. The van der Waals surface area contributed by atoms with Crippen molar-refractivity contribution in [1.82, 2.24) is 0 Å². The SMILES string of the molecule is CCCCCC(=O)OCC1=C(OCCCOCCCC(C)(C)CC(=O)OCc2ccccc2)C=CC(C)(C)C1. The zero-order chi connectivity index (χ0) is 28.6. The largest absolute Gasteiger partial charge is 0.493 e. The molecule has 0 saturated heterocycles. The number of esters is 2. The molecule has 0 aromatic heterocycles. The van der Waals surface area contributed by atoms with Crippen LogP contribution in [0.3, 0.4) is 0 Å². The highest BCUT2D eigenvalue weighted by atomic mass is 16.5. The van der Waals surface area contributed by atoms with Crippen molar-refractivity contribution in [1.29, 1.82) is 0 Å². The van der Waals surface area contributed by atoms with Gasteiger partial charge in [-0.2, -0.15) is 0 Å². The molecule has 0 unspecified atom stereocenters. The number of carbonyl (C=O) groups excluding carboxylic acids is 2. The standard InChI is InChI=1S/C33H50O6/c1-6-7-9-16-30(34)39-26-28-23-33(4,5)19-17-29(28)37-22-13-21-36-20-12-18-32(2,3)24-31(35)38-25-27-14-10-8-11-15-27/h8,10-11,14-15,17,19H,6-7,9,12-13,16,18,20-26H2,1-5H3. The van der Waals surface area contributed by atoms with Crippen molar-refractivity contribution >= 4 is 11.9 Å². The molecule has 0 N–H and O–H groups in total. The van der Waals surface area contributed by atoms with Crippen LogP contribution in [0.25, 0.3) is 0 Å². The van der Waals surface area contributed by atoms with Gasteiger partial charge < -0.3 is 18.9 Å². The Balaban J connectivity index is 1.61. The Bertz CT molecular complexity index is 929. The van der Waals surface area contributed by atoms with Crippen LogP contribution in [-0.2, 0) is 35.1 Å². The maximum absolute atomic E-state index is 12.3. The molecule has 0 saturated carbocycles. The number of allylic oxidation sites excluding steroid dienone is 2. The van der Waals surface area contributed by atoms with Crippen molar-refractivity contribution < 1.29 is 28.5 Å². The number of unbranched alkanes of at least 4 members (excludes halogenated alkanes) is 2.